The predicted molar refractivity (Wildman–Crippen MR) is 106 cm³/mol. The molecule has 3 heterocycles. The SMILES string of the molecule is CCN1CCN(C(=O)C2CCN(Cc3nc(-c4ccccc4)no3)CC2)CC1. The molecule has 2 aromatic rings. The van der Waals surface area contributed by atoms with Gasteiger partial charge in [0.05, 0.1) is 6.54 Å². The van der Waals surface area contributed by atoms with Gasteiger partial charge in [-0.2, -0.15) is 4.98 Å². The molecule has 0 spiro atoms. The van der Waals surface area contributed by atoms with Gasteiger partial charge in [0.25, 0.3) is 0 Å². The lowest BCUT2D eigenvalue weighted by atomic mass is 9.95. The van der Waals surface area contributed by atoms with Crippen molar-refractivity contribution >= 4 is 5.91 Å². The highest BCUT2D eigenvalue weighted by Crippen LogP contribution is 2.22. The van der Waals surface area contributed by atoms with E-state index in [1.807, 2.05) is 30.3 Å². The molecule has 7 nitrogen and oxygen atoms in total. The molecule has 1 amide bonds. The molecule has 2 aliphatic heterocycles. The first-order chi connectivity index (χ1) is 13.7. The van der Waals surface area contributed by atoms with Gasteiger partial charge in [0.1, 0.15) is 0 Å². The van der Waals surface area contributed by atoms with Gasteiger partial charge in [-0.05, 0) is 32.5 Å². The van der Waals surface area contributed by atoms with Crippen LogP contribution in [0.4, 0.5) is 0 Å². The fraction of sp³-hybridized carbons (Fsp3) is 0.571. The molecule has 28 heavy (non-hydrogen) atoms. The standard InChI is InChI=1S/C21H29N5O2/c1-2-24-12-14-26(15-13-24)21(27)18-8-10-25(11-9-18)16-19-22-20(23-28-19)17-6-4-3-5-7-17/h3-7,18H,2,8-16H2,1H3. The lowest BCUT2D eigenvalue weighted by molar-refractivity contribution is -0.138. The largest absolute Gasteiger partial charge is 0.340 e. The lowest BCUT2D eigenvalue weighted by Crippen LogP contribution is -2.51. The van der Waals surface area contributed by atoms with Crippen LogP contribution in [0.15, 0.2) is 34.9 Å². The summed E-state index contributed by atoms with van der Waals surface area (Å²) < 4.78 is 5.43. The molecule has 0 atom stereocenters. The Kier molecular flexibility index (Phi) is 6.02. The molecule has 1 aromatic heterocycles. The van der Waals surface area contributed by atoms with Crippen LogP contribution in [-0.2, 0) is 11.3 Å². The zero-order valence-corrected chi connectivity index (χ0v) is 16.6. The Morgan fingerprint density at radius 1 is 1.04 bits per heavy atom. The van der Waals surface area contributed by atoms with E-state index in [0.29, 0.717) is 24.2 Å². The maximum absolute atomic E-state index is 12.8. The van der Waals surface area contributed by atoms with Crippen LogP contribution >= 0.6 is 0 Å². The minimum atomic E-state index is 0.159. The van der Waals surface area contributed by atoms with Crippen LogP contribution in [0.3, 0.4) is 0 Å². The van der Waals surface area contributed by atoms with E-state index in [2.05, 4.69) is 31.8 Å². The number of hydrogen-bond donors (Lipinski definition) is 0. The van der Waals surface area contributed by atoms with E-state index < -0.39 is 0 Å². The summed E-state index contributed by atoms with van der Waals surface area (Å²) in [7, 11) is 0. The quantitative estimate of drug-likeness (QED) is 0.788. The molecule has 7 heteroatoms. The third-order valence-corrected chi connectivity index (χ3v) is 5.93. The first-order valence-corrected chi connectivity index (χ1v) is 10.3. The number of hydrogen-bond acceptors (Lipinski definition) is 6. The number of aromatic nitrogens is 2. The van der Waals surface area contributed by atoms with Crippen molar-refractivity contribution in [2.45, 2.75) is 26.3 Å². The van der Waals surface area contributed by atoms with E-state index in [1.54, 1.807) is 0 Å². The maximum atomic E-state index is 12.8. The molecule has 2 aliphatic rings. The molecule has 2 saturated heterocycles. The summed E-state index contributed by atoms with van der Waals surface area (Å²) in [6.07, 6.45) is 1.82. The van der Waals surface area contributed by atoms with Crippen LogP contribution in [0.5, 0.6) is 0 Å². The second-order valence-electron chi connectivity index (χ2n) is 7.69. The number of likely N-dealkylation sites (tertiary alicyclic amines) is 1. The van der Waals surface area contributed by atoms with E-state index in [-0.39, 0.29) is 5.92 Å². The van der Waals surface area contributed by atoms with Crippen LogP contribution in [0.1, 0.15) is 25.7 Å². The molecule has 4 rings (SSSR count). The van der Waals surface area contributed by atoms with E-state index in [9.17, 15) is 4.79 Å². The molecule has 0 radical (unpaired) electrons. The number of likely N-dealkylation sites (N-methyl/N-ethyl adjacent to an activating group) is 1. The molecule has 0 bridgehead atoms. The van der Waals surface area contributed by atoms with Gasteiger partial charge in [0.15, 0.2) is 0 Å². The van der Waals surface area contributed by atoms with Gasteiger partial charge in [0, 0.05) is 37.7 Å². The van der Waals surface area contributed by atoms with E-state index in [0.717, 1.165) is 64.2 Å². The Bertz CT molecular complexity index is 762. The Hall–Kier alpha value is -2.25. The van der Waals surface area contributed by atoms with E-state index >= 15 is 0 Å². The summed E-state index contributed by atoms with van der Waals surface area (Å²) in [4.78, 5) is 24.1. The third-order valence-electron chi connectivity index (χ3n) is 5.93. The van der Waals surface area contributed by atoms with Crippen molar-refractivity contribution in [3.8, 4) is 11.4 Å². The molecule has 0 saturated carbocycles. The highest BCUT2D eigenvalue weighted by molar-refractivity contribution is 5.79. The molecular formula is C21H29N5O2. The maximum Gasteiger partial charge on any atom is 0.241 e. The van der Waals surface area contributed by atoms with Gasteiger partial charge in [-0.25, -0.2) is 0 Å². The van der Waals surface area contributed by atoms with E-state index in [4.69, 9.17) is 4.52 Å². The van der Waals surface area contributed by atoms with Gasteiger partial charge < -0.3 is 14.3 Å². The summed E-state index contributed by atoms with van der Waals surface area (Å²) in [5, 5.41) is 4.09. The monoisotopic (exact) mass is 383 g/mol. The van der Waals surface area contributed by atoms with Gasteiger partial charge >= 0.3 is 0 Å². The summed E-state index contributed by atoms with van der Waals surface area (Å²) in [6, 6.07) is 9.86. The summed E-state index contributed by atoms with van der Waals surface area (Å²) in [5.74, 6) is 1.78. The fourth-order valence-corrected chi connectivity index (χ4v) is 4.10. The summed E-state index contributed by atoms with van der Waals surface area (Å²) >= 11 is 0. The molecule has 0 aliphatic carbocycles. The third kappa shape index (κ3) is 4.42. The first kappa shape index (κ1) is 19.1. The van der Waals surface area contributed by atoms with Crippen LogP contribution in [0, 0.1) is 5.92 Å². The van der Waals surface area contributed by atoms with Crippen molar-refractivity contribution in [1.82, 2.24) is 24.8 Å². The predicted octanol–water partition coefficient (Wildman–Crippen LogP) is 2.11. The lowest BCUT2D eigenvalue weighted by Gasteiger charge is -2.38. The second kappa shape index (κ2) is 8.84. The number of piperidine rings is 1. The minimum absolute atomic E-state index is 0.159. The summed E-state index contributed by atoms with van der Waals surface area (Å²) in [5.41, 5.74) is 0.963. The second-order valence-corrected chi connectivity index (χ2v) is 7.69. The van der Waals surface area contributed by atoms with Crippen molar-refractivity contribution in [1.29, 1.82) is 0 Å². The molecule has 0 unspecified atom stereocenters. The van der Waals surface area contributed by atoms with Crippen LogP contribution in [0.25, 0.3) is 11.4 Å². The molecule has 150 valence electrons. The minimum Gasteiger partial charge on any atom is -0.340 e. The Morgan fingerprint density at radius 2 is 1.75 bits per heavy atom. The number of rotatable bonds is 5. The van der Waals surface area contributed by atoms with E-state index in [1.165, 1.54) is 0 Å². The zero-order valence-electron chi connectivity index (χ0n) is 16.6. The molecule has 1 aromatic carbocycles. The van der Waals surface area contributed by atoms with Crippen LogP contribution in [-0.4, -0.2) is 76.6 Å². The zero-order chi connectivity index (χ0) is 19.3. The van der Waals surface area contributed by atoms with Crippen molar-refractivity contribution in [2.24, 2.45) is 5.92 Å². The molecule has 2 fully saturated rings. The average Bonchev–Trinajstić information content (AvgIpc) is 3.23. The van der Waals surface area contributed by atoms with Crippen molar-refractivity contribution in [2.75, 3.05) is 45.8 Å². The van der Waals surface area contributed by atoms with Crippen molar-refractivity contribution in [3.63, 3.8) is 0 Å². The summed E-state index contributed by atoms with van der Waals surface area (Å²) in [6.45, 7) is 9.44. The van der Waals surface area contributed by atoms with Crippen molar-refractivity contribution < 1.29 is 9.32 Å². The highest BCUT2D eigenvalue weighted by atomic mass is 16.5. The number of benzene rings is 1. The number of amides is 1. The van der Waals surface area contributed by atoms with Gasteiger partial charge in [-0.1, -0.05) is 42.4 Å². The normalized spacial score (nSPS) is 19.8. The highest BCUT2D eigenvalue weighted by Gasteiger charge is 2.30. The molecule has 0 N–H and O–H groups in total. The van der Waals surface area contributed by atoms with Crippen LogP contribution in [0.2, 0.25) is 0 Å². The Morgan fingerprint density at radius 3 is 2.43 bits per heavy atom. The Balaban J connectivity index is 1.26. The molecular weight excluding hydrogens is 354 g/mol. The van der Waals surface area contributed by atoms with Gasteiger partial charge in [-0.3, -0.25) is 9.69 Å². The number of nitrogens with zero attached hydrogens (tertiary/aromatic N) is 5. The van der Waals surface area contributed by atoms with Gasteiger partial charge in [0.2, 0.25) is 17.6 Å². The average molecular weight is 383 g/mol. The van der Waals surface area contributed by atoms with Crippen molar-refractivity contribution in [3.05, 3.63) is 36.2 Å². The number of piperazine rings is 1. The number of carbonyl (C=O) groups is 1. The topological polar surface area (TPSA) is 65.7 Å². The van der Waals surface area contributed by atoms with Crippen LogP contribution < -0.4 is 0 Å². The van der Waals surface area contributed by atoms with Gasteiger partial charge in [-0.15, -0.1) is 0 Å². The fourth-order valence-electron chi connectivity index (χ4n) is 4.10. The first-order valence-electron chi connectivity index (χ1n) is 10.3. The Labute approximate surface area is 166 Å². The number of carbonyl (C=O) groups excluding carboxylic acids is 1. The smallest absolute Gasteiger partial charge is 0.241 e.